The zero-order chi connectivity index (χ0) is 43.3. The number of rotatable bonds is 32. The van der Waals surface area contributed by atoms with Gasteiger partial charge in [0.15, 0.2) is 12.6 Å². The summed E-state index contributed by atoms with van der Waals surface area (Å²) in [6, 6.07) is -0.848. The number of nitrogens with one attached hydrogen (secondary N) is 1. The molecular weight excluding hydrogens is 762 g/mol. The summed E-state index contributed by atoms with van der Waals surface area (Å²) in [5, 5.41) is 86.5. The first-order valence-corrected chi connectivity index (χ1v) is 22.4. The van der Waals surface area contributed by atoms with Crippen molar-refractivity contribution in [3.63, 3.8) is 0 Å². The Morgan fingerprint density at radius 2 is 1.17 bits per heavy atom. The highest BCUT2D eigenvalue weighted by Crippen LogP contribution is 2.30. The summed E-state index contributed by atoms with van der Waals surface area (Å²) in [6.45, 7) is 2.65. The van der Waals surface area contributed by atoms with Crippen molar-refractivity contribution >= 4 is 5.91 Å². The van der Waals surface area contributed by atoms with Crippen LogP contribution in [0.25, 0.3) is 0 Å². The molecule has 0 aromatic rings. The molecule has 9 N–H and O–H groups in total. The lowest BCUT2D eigenvalue weighted by Gasteiger charge is -2.46. The number of ether oxygens (including phenoxy) is 4. The van der Waals surface area contributed by atoms with E-state index in [0.717, 1.165) is 64.2 Å². The standard InChI is InChI=1S/C45H79NO13/c1-3-5-7-9-11-13-15-16-17-18-19-21-23-25-27-29-37(50)46-33(34(49)28-26-24-22-20-14-12-10-8-6-4-2)32-56-44-42(55)40(53)43(36(31-48)58-44)59-45-41(54)39(52)38(51)35(30-47)57-45/h5,7,11,13,16-17,19,21,33-36,38-45,47-49,51-55H,3-4,6,8-10,12,14-15,18,20,22-32H2,1-2H3,(H,46,50)/b7-5-,13-11-,17-16-,21-19-. The summed E-state index contributed by atoms with van der Waals surface area (Å²) in [6.07, 6.45) is 18.5. The Morgan fingerprint density at radius 1 is 0.627 bits per heavy atom. The van der Waals surface area contributed by atoms with Gasteiger partial charge in [0, 0.05) is 6.42 Å². The van der Waals surface area contributed by atoms with Crippen molar-refractivity contribution in [2.24, 2.45) is 0 Å². The Kier molecular flexibility index (Phi) is 29.4. The Labute approximate surface area is 353 Å². The van der Waals surface area contributed by atoms with Gasteiger partial charge in [-0.15, -0.1) is 0 Å². The molecule has 0 spiro atoms. The molecular formula is C45H79NO13. The Hall–Kier alpha value is -2.05. The molecule has 14 nitrogen and oxygen atoms in total. The minimum absolute atomic E-state index is 0.250. The Morgan fingerprint density at radius 3 is 1.76 bits per heavy atom. The fraction of sp³-hybridized carbons (Fsp3) is 0.800. The number of hydrogen-bond acceptors (Lipinski definition) is 13. The van der Waals surface area contributed by atoms with E-state index < -0.39 is 86.8 Å². The van der Waals surface area contributed by atoms with E-state index in [0.29, 0.717) is 12.8 Å². The van der Waals surface area contributed by atoms with Gasteiger partial charge in [0.2, 0.25) is 5.91 Å². The molecule has 342 valence electrons. The smallest absolute Gasteiger partial charge is 0.220 e. The molecule has 12 unspecified atom stereocenters. The van der Waals surface area contributed by atoms with Crippen molar-refractivity contribution in [2.45, 2.75) is 209 Å². The molecule has 2 fully saturated rings. The molecule has 2 aliphatic heterocycles. The maximum Gasteiger partial charge on any atom is 0.220 e. The minimum atomic E-state index is -1.79. The van der Waals surface area contributed by atoms with E-state index in [9.17, 15) is 45.6 Å². The monoisotopic (exact) mass is 842 g/mol. The SMILES string of the molecule is CC/C=C\C/C=C\C/C=C\C/C=C\CCCCC(=O)NC(COC1OC(CO)C(OC2OC(CO)C(O)C(O)C2O)C(O)C1O)C(O)CCCCCCCCCCCC. The molecule has 2 heterocycles. The van der Waals surface area contributed by atoms with Crippen molar-refractivity contribution in [3.05, 3.63) is 48.6 Å². The number of hydrogen-bond donors (Lipinski definition) is 9. The van der Waals surface area contributed by atoms with E-state index in [1.165, 1.54) is 38.5 Å². The number of carbonyl (C=O) groups is 1. The largest absolute Gasteiger partial charge is 0.394 e. The first-order valence-electron chi connectivity index (χ1n) is 22.4. The van der Waals surface area contributed by atoms with Crippen LogP contribution in [0.1, 0.15) is 136 Å². The van der Waals surface area contributed by atoms with Crippen molar-refractivity contribution in [1.29, 1.82) is 0 Å². The van der Waals surface area contributed by atoms with E-state index in [4.69, 9.17) is 18.9 Å². The van der Waals surface area contributed by atoms with Gasteiger partial charge >= 0.3 is 0 Å². The lowest BCUT2D eigenvalue weighted by molar-refractivity contribution is -0.359. The Bertz CT molecular complexity index is 1180. The third-order valence-corrected chi connectivity index (χ3v) is 10.8. The van der Waals surface area contributed by atoms with Gasteiger partial charge in [-0.05, 0) is 51.4 Å². The number of carbonyl (C=O) groups excluding carboxylic acids is 1. The topological polar surface area (TPSA) is 228 Å². The van der Waals surface area contributed by atoms with Gasteiger partial charge < -0.3 is 65.1 Å². The van der Waals surface area contributed by atoms with E-state index in [1.54, 1.807) is 0 Å². The fourth-order valence-corrected chi connectivity index (χ4v) is 7.11. The predicted octanol–water partition coefficient (Wildman–Crippen LogP) is 4.15. The average molecular weight is 842 g/mol. The normalized spacial score (nSPS) is 29.0. The van der Waals surface area contributed by atoms with Crippen LogP contribution >= 0.6 is 0 Å². The van der Waals surface area contributed by atoms with Gasteiger partial charge in [-0.2, -0.15) is 0 Å². The molecule has 2 saturated heterocycles. The molecule has 59 heavy (non-hydrogen) atoms. The summed E-state index contributed by atoms with van der Waals surface area (Å²) in [7, 11) is 0. The van der Waals surface area contributed by atoms with Crippen LogP contribution in [-0.2, 0) is 23.7 Å². The highest BCUT2D eigenvalue weighted by molar-refractivity contribution is 5.76. The predicted molar refractivity (Wildman–Crippen MR) is 226 cm³/mol. The third kappa shape index (κ3) is 21.1. The van der Waals surface area contributed by atoms with Gasteiger partial charge in [0.05, 0.1) is 32.0 Å². The second kappa shape index (κ2) is 32.6. The van der Waals surface area contributed by atoms with Gasteiger partial charge in [-0.1, -0.05) is 127 Å². The maximum atomic E-state index is 13.1. The number of aliphatic hydroxyl groups is 8. The second-order valence-corrected chi connectivity index (χ2v) is 15.8. The number of aliphatic hydroxyl groups excluding tert-OH is 8. The highest BCUT2D eigenvalue weighted by Gasteiger charge is 2.51. The van der Waals surface area contributed by atoms with Gasteiger partial charge in [-0.3, -0.25) is 4.79 Å². The van der Waals surface area contributed by atoms with Crippen LogP contribution in [0.4, 0.5) is 0 Å². The van der Waals surface area contributed by atoms with Gasteiger partial charge in [0.25, 0.3) is 0 Å². The van der Waals surface area contributed by atoms with Crippen LogP contribution in [0.5, 0.6) is 0 Å². The molecule has 12 atom stereocenters. The van der Waals surface area contributed by atoms with Crippen LogP contribution in [-0.4, -0.2) is 140 Å². The highest BCUT2D eigenvalue weighted by atomic mass is 16.7. The summed E-state index contributed by atoms with van der Waals surface area (Å²) < 4.78 is 22.6. The molecule has 2 aliphatic rings. The van der Waals surface area contributed by atoms with Gasteiger partial charge in [-0.25, -0.2) is 0 Å². The minimum Gasteiger partial charge on any atom is -0.394 e. The molecule has 0 aromatic heterocycles. The first kappa shape index (κ1) is 53.1. The molecule has 0 aliphatic carbocycles. The van der Waals surface area contributed by atoms with Crippen molar-refractivity contribution in [3.8, 4) is 0 Å². The molecule has 0 bridgehead atoms. The van der Waals surface area contributed by atoms with Crippen LogP contribution in [0.15, 0.2) is 48.6 Å². The van der Waals surface area contributed by atoms with Crippen molar-refractivity contribution < 1.29 is 64.6 Å². The lowest BCUT2D eigenvalue weighted by Crippen LogP contribution is -2.65. The number of unbranched alkanes of at least 4 members (excludes halogenated alkanes) is 11. The molecule has 2 rings (SSSR count). The van der Waals surface area contributed by atoms with Crippen LogP contribution in [0.2, 0.25) is 0 Å². The van der Waals surface area contributed by atoms with E-state index in [1.807, 2.05) is 0 Å². The van der Waals surface area contributed by atoms with Crippen LogP contribution < -0.4 is 5.32 Å². The number of allylic oxidation sites excluding steroid dienone is 8. The molecule has 0 radical (unpaired) electrons. The number of amides is 1. The molecule has 0 aromatic carbocycles. The summed E-state index contributed by atoms with van der Waals surface area (Å²) in [5.74, 6) is -0.253. The Balaban J connectivity index is 1.91. The maximum absolute atomic E-state index is 13.1. The summed E-state index contributed by atoms with van der Waals surface area (Å²) >= 11 is 0. The molecule has 14 heteroatoms. The van der Waals surface area contributed by atoms with E-state index in [-0.39, 0.29) is 18.9 Å². The quantitative estimate of drug-likeness (QED) is 0.0343. The average Bonchev–Trinajstić information content (AvgIpc) is 3.23. The lowest BCUT2D eigenvalue weighted by atomic mass is 9.97. The molecule has 0 saturated carbocycles. The summed E-state index contributed by atoms with van der Waals surface area (Å²) in [5.41, 5.74) is 0. The second-order valence-electron chi connectivity index (χ2n) is 15.8. The van der Waals surface area contributed by atoms with Crippen LogP contribution in [0, 0.1) is 0 Å². The third-order valence-electron chi connectivity index (χ3n) is 10.8. The fourth-order valence-electron chi connectivity index (χ4n) is 7.11. The zero-order valence-electron chi connectivity index (χ0n) is 35.7. The van der Waals surface area contributed by atoms with Gasteiger partial charge in [0.1, 0.15) is 48.8 Å². The zero-order valence-corrected chi connectivity index (χ0v) is 35.7. The van der Waals surface area contributed by atoms with E-state index in [2.05, 4.69) is 67.8 Å². The van der Waals surface area contributed by atoms with Crippen LogP contribution in [0.3, 0.4) is 0 Å². The van der Waals surface area contributed by atoms with Crippen molar-refractivity contribution in [2.75, 3.05) is 19.8 Å². The first-order chi connectivity index (χ1) is 28.6. The summed E-state index contributed by atoms with van der Waals surface area (Å²) in [4.78, 5) is 13.1. The van der Waals surface area contributed by atoms with E-state index >= 15 is 0 Å². The van der Waals surface area contributed by atoms with Crippen molar-refractivity contribution in [1.82, 2.24) is 5.32 Å². The molecule has 1 amide bonds.